The molecule has 0 bridgehead atoms. The van der Waals surface area contributed by atoms with E-state index in [0.29, 0.717) is 35.9 Å². The molecule has 0 saturated heterocycles. The number of methoxy groups -OCH3 is 1. The van der Waals surface area contributed by atoms with Gasteiger partial charge in [0.1, 0.15) is 11.6 Å². The lowest BCUT2D eigenvalue weighted by molar-refractivity contribution is 0.0601. The minimum Gasteiger partial charge on any atom is -0.465 e. The van der Waals surface area contributed by atoms with Crippen LogP contribution in [0.25, 0.3) is 0 Å². The van der Waals surface area contributed by atoms with E-state index in [0.717, 1.165) is 5.69 Å². The highest BCUT2D eigenvalue weighted by atomic mass is 19.1. The van der Waals surface area contributed by atoms with E-state index >= 15 is 0 Å². The Kier molecular flexibility index (Phi) is 5.94. The molecule has 1 aromatic heterocycles. The molecule has 3 aromatic rings. The number of rotatable bonds is 7. The molecule has 0 amide bonds. The normalized spacial score (nSPS) is 10.3. The number of carbonyl (C=O) groups excluding carboxylic acids is 1. The Balaban J connectivity index is 1.58. The van der Waals surface area contributed by atoms with Gasteiger partial charge < -0.3 is 15.4 Å². The van der Waals surface area contributed by atoms with Crippen molar-refractivity contribution in [3.8, 4) is 0 Å². The largest absolute Gasteiger partial charge is 0.465 e. The summed E-state index contributed by atoms with van der Waals surface area (Å²) in [5, 5.41) is 6.23. The van der Waals surface area contributed by atoms with Crippen molar-refractivity contribution in [3.05, 3.63) is 77.7 Å². The molecule has 0 radical (unpaired) electrons. The van der Waals surface area contributed by atoms with Crippen LogP contribution in [0.3, 0.4) is 0 Å². The van der Waals surface area contributed by atoms with E-state index in [1.54, 1.807) is 48.7 Å². The standard InChI is InChI=1S/C20H19FN4O2/c1-27-19(26)15-6-8-16(9-7-15)24-18-11-13-23-20(25-18)22-12-10-14-4-2-3-5-17(14)21/h2-9,11,13H,10,12H2,1H3,(H2,22,23,24,25). The minimum atomic E-state index is -0.384. The first-order chi connectivity index (χ1) is 13.2. The number of anilines is 3. The first kappa shape index (κ1) is 18.3. The lowest BCUT2D eigenvalue weighted by atomic mass is 10.1. The lowest BCUT2D eigenvalue weighted by Crippen LogP contribution is -2.09. The molecule has 0 aliphatic heterocycles. The Labute approximate surface area is 156 Å². The molecule has 3 rings (SSSR count). The number of halogens is 1. The molecule has 0 aliphatic rings. The molecule has 0 aliphatic carbocycles. The van der Waals surface area contributed by atoms with Gasteiger partial charge in [-0.3, -0.25) is 0 Å². The molecule has 0 spiro atoms. The number of ether oxygens (including phenoxy) is 1. The van der Waals surface area contributed by atoms with E-state index in [9.17, 15) is 9.18 Å². The van der Waals surface area contributed by atoms with Crippen LogP contribution in [0, 0.1) is 5.82 Å². The summed E-state index contributed by atoms with van der Waals surface area (Å²) in [6.07, 6.45) is 2.16. The van der Waals surface area contributed by atoms with Crippen molar-refractivity contribution in [3.63, 3.8) is 0 Å². The maximum Gasteiger partial charge on any atom is 0.337 e. The van der Waals surface area contributed by atoms with E-state index in [2.05, 4.69) is 25.3 Å². The van der Waals surface area contributed by atoms with Gasteiger partial charge in [-0.1, -0.05) is 18.2 Å². The Morgan fingerprint density at radius 3 is 2.63 bits per heavy atom. The number of hydrogen-bond acceptors (Lipinski definition) is 6. The zero-order valence-corrected chi connectivity index (χ0v) is 14.8. The Hall–Kier alpha value is -3.48. The maximum absolute atomic E-state index is 13.6. The van der Waals surface area contributed by atoms with Gasteiger partial charge in [0.25, 0.3) is 0 Å². The second-order valence-electron chi connectivity index (χ2n) is 5.73. The third-order valence-electron chi connectivity index (χ3n) is 3.87. The number of benzene rings is 2. The van der Waals surface area contributed by atoms with Crippen molar-refractivity contribution < 1.29 is 13.9 Å². The highest BCUT2D eigenvalue weighted by Gasteiger charge is 2.06. The highest BCUT2D eigenvalue weighted by Crippen LogP contribution is 2.16. The van der Waals surface area contributed by atoms with E-state index in [1.165, 1.54) is 13.2 Å². The van der Waals surface area contributed by atoms with E-state index in [1.807, 2.05) is 6.07 Å². The van der Waals surface area contributed by atoms with Crippen molar-refractivity contribution in [1.29, 1.82) is 0 Å². The Morgan fingerprint density at radius 1 is 1.11 bits per heavy atom. The van der Waals surface area contributed by atoms with Crippen molar-refractivity contribution in [2.24, 2.45) is 0 Å². The maximum atomic E-state index is 13.6. The molecule has 27 heavy (non-hydrogen) atoms. The second-order valence-corrected chi connectivity index (χ2v) is 5.73. The highest BCUT2D eigenvalue weighted by molar-refractivity contribution is 5.89. The predicted octanol–water partition coefficient (Wildman–Crippen LogP) is 3.80. The molecule has 0 atom stereocenters. The fourth-order valence-corrected chi connectivity index (χ4v) is 2.48. The third kappa shape index (κ3) is 5.01. The minimum absolute atomic E-state index is 0.217. The van der Waals surface area contributed by atoms with Gasteiger partial charge >= 0.3 is 5.97 Å². The smallest absolute Gasteiger partial charge is 0.337 e. The Bertz CT molecular complexity index is 916. The summed E-state index contributed by atoms with van der Waals surface area (Å²) >= 11 is 0. The topological polar surface area (TPSA) is 76.1 Å². The third-order valence-corrected chi connectivity index (χ3v) is 3.87. The molecular weight excluding hydrogens is 347 g/mol. The molecule has 1 heterocycles. The van der Waals surface area contributed by atoms with Gasteiger partial charge in [0.15, 0.2) is 0 Å². The summed E-state index contributed by atoms with van der Waals surface area (Å²) < 4.78 is 18.3. The summed E-state index contributed by atoms with van der Waals surface area (Å²) in [6.45, 7) is 0.512. The number of aromatic nitrogens is 2. The Morgan fingerprint density at radius 2 is 1.89 bits per heavy atom. The van der Waals surface area contributed by atoms with Crippen LogP contribution in [0.2, 0.25) is 0 Å². The first-order valence-electron chi connectivity index (χ1n) is 8.41. The average molecular weight is 366 g/mol. The molecule has 7 heteroatoms. The number of nitrogens with one attached hydrogen (secondary N) is 2. The quantitative estimate of drug-likeness (QED) is 0.620. The monoisotopic (exact) mass is 366 g/mol. The van der Waals surface area contributed by atoms with Crippen LogP contribution in [0.4, 0.5) is 21.8 Å². The number of carbonyl (C=O) groups is 1. The molecule has 0 saturated carbocycles. The predicted molar refractivity (Wildman–Crippen MR) is 102 cm³/mol. The zero-order chi connectivity index (χ0) is 19.1. The summed E-state index contributed by atoms with van der Waals surface area (Å²) in [5.41, 5.74) is 1.89. The van der Waals surface area contributed by atoms with Crippen LogP contribution in [-0.4, -0.2) is 29.6 Å². The molecular formula is C20H19FN4O2. The van der Waals surface area contributed by atoms with Crippen molar-refractivity contribution in [2.45, 2.75) is 6.42 Å². The molecule has 6 nitrogen and oxygen atoms in total. The molecule has 0 fully saturated rings. The second kappa shape index (κ2) is 8.75. The van der Waals surface area contributed by atoms with Crippen LogP contribution in [0.5, 0.6) is 0 Å². The van der Waals surface area contributed by atoms with Gasteiger partial charge in [-0.15, -0.1) is 0 Å². The van der Waals surface area contributed by atoms with E-state index in [4.69, 9.17) is 0 Å². The molecule has 0 unspecified atom stereocenters. The lowest BCUT2D eigenvalue weighted by Gasteiger charge is -2.09. The van der Waals surface area contributed by atoms with Gasteiger partial charge in [0.2, 0.25) is 5.95 Å². The van der Waals surface area contributed by atoms with Gasteiger partial charge in [0, 0.05) is 18.4 Å². The summed E-state index contributed by atoms with van der Waals surface area (Å²) in [4.78, 5) is 20.0. The van der Waals surface area contributed by atoms with Gasteiger partial charge in [-0.2, -0.15) is 4.98 Å². The molecule has 2 N–H and O–H groups in total. The average Bonchev–Trinajstić information content (AvgIpc) is 2.70. The fraction of sp³-hybridized carbons (Fsp3) is 0.150. The van der Waals surface area contributed by atoms with Crippen LogP contribution in [0.1, 0.15) is 15.9 Å². The van der Waals surface area contributed by atoms with Gasteiger partial charge in [-0.25, -0.2) is 14.2 Å². The van der Waals surface area contributed by atoms with Crippen LogP contribution < -0.4 is 10.6 Å². The van der Waals surface area contributed by atoms with Crippen LogP contribution in [0.15, 0.2) is 60.8 Å². The number of hydrogen-bond donors (Lipinski definition) is 2. The zero-order valence-electron chi connectivity index (χ0n) is 14.8. The SMILES string of the molecule is COC(=O)c1ccc(Nc2ccnc(NCCc3ccccc3F)n2)cc1. The first-order valence-corrected chi connectivity index (χ1v) is 8.41. The van der Waals surface area contributed by atoms with Crippen molar-refractivity contribution in [2.75, 3.05) is 24.3 Å². The van der Waals surface area contributed by atoms with E-state index in [-0.39, 0.29) is 11.8 Å². The molecule has 138 valence electrons. The van der Waals surface area contributed by atoms with Crippen molar-refractivity contribution in [1.82, 2.24) is 9.97 Å². The number of esters is 1. The van der Waals surface area contributed by atoms with Gasteiger partial charge in [0.05, 0.1) is 12.7 Å². The fourth-order valence-electron chi connectivity index (χ4n) is 2.48. The van der Waals surface area contributed by atoms with Crippen LogP contribution in [-0.2, 0) is 11.2 Å². The molecule has 2 aromatic carbocycles. The van der Waals surface area contributed by atoms with Gasteiger partial charge in [-0.05, 0) is 48.4 Å². The summed E-state index contributed by atoms with van der Waals surface area (Å²) in [5.74, 6) is 0.447. The van der Waals surface area contributed by atoms with Crippen molar-refractivity contribution >= 4 is 23.4 Å². The van der Waals surface area contributed by atoms with Crippen LogP contribution >= 0.6 is 0 Å². The van der Waals surface area contributed by atoms with E-state index < -0.39 is 0 Å². The number of nitrogens with zero attached hydrogens (tertiary/aromatic N) is 2. The summed E-state index contributed by atoms with van der Waals surface area (Å²) in [6, 6.07) is 15.3. The summed E-state index contributed by atoms with van der Waals surface area (Å²) in [7, 11) is 1.34.